The summed E-state index contributed by atoms with van der Waals surface area (Å²) in [5.41, 5.74) is 0.828. The standard InChI is InChI=1S/C18H15NO3S/c1-13(20)15-7-4-8-17(11-15)19-23(21,22)18-10-9-14-5-2-3-6-16(14)12-18/h2-12,19H,1H3. The SMILES string of the molecule is CC(=O)c1cccc(NS(=O)(=O)c2ccc3ccccc3c2)c1. The highest BCUT2D eigenvalue weighted by Gasteiger charge is 2.15. The molecule has 0 aliphatic carbocycles. The number of hydrogen-bond acceptors (Lipinski definition) is 3. The maximum Gasteiger partial charge on any atom is 0.261 e. The molecular formula is C18H15NO3S. The van der Waals surface area contributed by atoms with Crippen molar-refractivity contribution >= 4 is 32.3 Å². The van der Waals surface area contributed by atoms with Crippen LogP contribution in [0.2, 0.25) is 0 Å². The maximum absolute atomic E-state index is 12.5. The summed E-state index contributed by atoms with van der Waals surface area (Å²) in [6.45, 7) is 1.44. The molecule has 0 unspecified atom stereocenters. The summed E-state index contributed by atoms with van der Waals surface area (Å²) < 4.78 is 27.6. The second kappa shape index (κ2) is 5.85. The number of hydrogen-bond donors (Lipinski definition) is 1. The van der Waals surface area contributed by atoms with Gasteiger partial charge in [0.2, 0.25) is 0 Å². The van der Waals surface area contributed by atoms with Gasteiger partial charge in [0.1, 0.15) is 0 Å². The summed E-state index contributed by atoms with van der Waals surface area (Å²) in [5, 5.41) is 1.83. The van der Waals surface area contributed by atoms with Crippen molar-refractivity contribution in [1.29, 1.82) is 0 Å². The molecule has 0 aromatic heterocycles. The van der Waals surface area contributed by atoms with Gasteiger partial charge in [-0.1, -0.05) is 42.5 Å². The third-order valence-corrected chi connectivity index (χ3v) is 4.93. The van der Waals surface area contributed by atoms with E-state index in [0.717, 1.165) is 10.8 Å². The number of rotatable bonds is 4. The van der Waals surface area contributed by atoms with E-state index in [4.69, 9.17) is 0 Å². The van der Waals surface area contributed by atoms with Gasteiger partial charge in [0.25, 0.3) is 10.0 Å². The summed E-state index contributed by atoms with van der Waals surface area (Å²) >= 11 is 0. The number of fused-ring (bicyclic) bond motifs is 1. The maximum atomic E-state index is 12.5. The van der Waals surface area contributed by atoms with Gasteiger partial charge < -0.3 is 0 Å². The Bertz CT molecular complexity index is 994. The lowest BCUT2D eigenvalue weighted by molar-refractivity contribution is 0.101. The van der Waals surface area contributed by atoms with Crippen molar-refractivity contribution in [3.8, 4) is 0 Å². The summed E-state index contributed by atoms with van der Waals surface area (Å²) in [6.07, 6.45) is 0. The average molecular weight is 325 g/mol. The molecule has 3 rings (SSSR count). The lowest BCUT2D eigenvalue weighted by atomic mass is 10.1. The van der Waals surface area contributed by atoms with Gasteiger partial charge in [-0.3, -0.25) is 9.52 Å². The lowest BCUT2D eigenvalue weighted by Gasteiger charge is -2.09. The highest BCUT2D eigenvalue weighted by atomic mass is 32.2. The normalized spacial score (nSPS) is 11.3. The Hall–Kier alpha value is -2.66. The van der Waals surface area contributed by atoms with Crippen LogP contribution in [0.1, 0.15) is 17.3 Å². The van der Waals surface area contributed by atoms with Crippen molar-refractivity contribution in [3.63, 3.8) is 0 Å². The minimum Gasteiger partial charge on any atom is -0.295 e. The van der Waals surface area contributed by atoms with Crippen LogP contribution in [0.3, 0.4) is 0 Å². The minimum atomic E-state index is -3.71. The summed E-state index contributed by atoms with van der Waals surface area (Å²) in [4.78, 5) is 11.6. The molecule has 0 aliphatic heterocycles. The molecule has 3 aromatic rings. The Labute approximate surface area is 134 Å². The van der Waals surface area contributed by atoms with Crippen molar-refractivity contribution in [2.45, 2.75) is 11.8 Å². The van der Waals surface area contributed by atoms with Crippen LogP contribution < -0.4 is 4.72 Å². The molecule has 0 saturated carbocycles. The van der Waals surface area contributed by atoms with Crippen LogP contribution in [0.25, 0.3) is 10.8 Å². The zero-order valence-electron chi connectivity index (χ0n) is 12.5. The number of sulfonamides is 1. The number of carbonyl (C=O) groups excluding carboxylic acids is 1. The zero-order valence-corrected chi connectivity index (χ0v) is 13.3. The van der Waals surface area contributed by atoms with Crippen LogP contribution in [-0.4, -0.2) is 14.2 Å². The molecule has 0 heterocycles. The van der Waals surface area contributed by atoms with Crippen LogP contribution in [-0.2, 0) is 10.0 Å². The molecule has 116 valence electrons. The molecule has 0 aliphatic rings. The third-order valence-electron chi connectivity index (χ3n) is 3.55. The largest absolute Gasteiger partial charge is 0.295 e. The highest BCUT2D eigenvalue weighted by molar-refractivity contribution is 7.92. The molecule has 23 heavy (non-hydrogen) atoms. The van der Waals surface area contributed by atoms with Crippen molar-refractivity contribution in [3.05, 3.63) is 72.3 Å². The van der Waals surface area contributed by atoms with Gasteiger partial charge in [-0.15, -0.1) is 0 Å². The zero-order chi connectivity index (χ0) is 16.4. The summed E-state index contributed by atoms with van der Waals surface area (Å²) in [6, 6.07) is 19.0. The van der Waals surface area contributed by atoms with Crippen LogP contribution in [0, 0.1) is 0 Å². The van der Waals surface area contributed by atoms with E-state index in [1.807, 2.05) is 24.3 Å². The molecule has 0 spiro atoms. The van der Waals surface area contributed by atoms with Crippen LogP contribution in [0.15, 0.2) is 71.6 Å². The molecule has 0 atom stereocenters. The molecule has 0 saturated heterocycles. The number of ketones is 1. The number of benzene rings is 3. The van der Waals surface area contributed by atoms with Crippen LogP contribution >= 0.6 is 0 Å². The van der Waals surface area contributed by atoms with E-state index in [0.29, 0.717) is 11.3 Å². The van der Waals surface area contributed by atoms with E-state index < -0.39 is 10.0 Å². The van der Waals surface area contributed by atoms with Gasteiger partial charge in [0, 0.05) is 11.3 Å². The number of nitrogens with one attached hydrogen (secondary N) is 1. The Morgan fingerprint density at radius 2 is 1.61 bits per heavy atom. The van der Waals surface area contributed by atoms with Gasteiger partial charge in [-0.25, -0.2) is 8.42 Å². The van der Waals surface area contributed by atoms with E-state index in [1.165, 1.54) is 13.0 Å². The summed E-state index contributed by atoms with van der Waals surface area (Å²) in [5.74, 6) is -0.114. The molecule has 1 N–H and O–H groups in total. The summed E-state index contributed by atoms with van der Waals surface area (Å²) in [7, 11) is -3.71. The molecule has 5 heteroatoms. The van der Waals surface area contributed by atoms with Crippen molar-refractivity contribution < 1.29 is 13.2 Å². The van der Waals surface area contributed by atoms with E-state index >= 15 is 0 Å². The fraction of sp³-hybridized carbons (Fsp3) is 0.0556. The molecular weight excluding hydrogens is 310 g/mol. The van der Waals surface area contributed by atoms with E-state index in [9.17, 15) is 13.2 Å². The average Bonchev–Trinajstić information content (AvgIpc) is 2.54. The predicted molar refractivity (Wildman–Crippen MR) is 91.2 cm³/mol. The third kappa shape index (κ3) is 3.24. The van der Waals surface area contributed by atoms with Crippen LogP contribution in [0.5, 0.6) is 0 Å². The van der Waals surface area contributed by atoms with Crippen molar-refractivity contribution in [1.82, 2.24) is 0 Å². The smallest absolute Gasteiger partial charge is 0.261 e. The number of anilines is 1. The van der Waals surface area contributed by atoms with Gasteiger partial charge in [0.05, 0.1) is 4.90 Å². The van der Waals surface area contributed by atoms with E-state index in [1.54, 1.807) is 36.4 Å². The number of Topliss-reactive ketones (excluding diaryl/α,β-unsaturated/α-hetero) is 1. The first-order chi connectivity index (χ1) is 11.0. The van der Waals surface area contributed by atoms with Gasteiger partial charge in [-0.05, 0) is 42.0 Å². The van der Waals surface area contributed by atoms with Crippen molar-refractivity contribution in [2.24, 2.45) is 0 Å². The van der Waals surface area contributed by atoms with E-state index in [-0.39, 0.29) is 10.7 Å². The Balaban J connectivity index is 1.97. The molecule has 0 radical (unpaired) electrons. The van der Waals surface area contributed by atoms with Gasteiger partial charge in [0.15, 0.2) is 5.78 Å². The first-order valence-corrected chi connectivity index (χ1v) is 8.57. The second-order valence-corrected chi connectivity index (χ2v) is 6.93. The first-order valence-electron chi connectivity index (χ1n) is 7.08. The molecule has 3 aromatic carbocycles. The fourth-order valence-corrected chi connectivity index (χ4v) is 3.43. The Morgan fingerprint density at radius 1 is 0.870 bits per heavy atom. The number of carbonyl (C=O) groups is 1. The topological polar surface area (TPSA) is 63.2 Å². The lowest BCUT2D eigenvalue weighted by Crippen LogP contribution is -2.13. The second-order valence-electron chi connectivity index (χ2n) is 5.25. The van der Waals surface area contributed by atoms with Crippen LogP contribution in [0.4, 0.5) is 5.69 Å². The molecule has 0 bridgehead atoms. The Kier molecular flexibility index (Phi) is 3.88. The van der Waals surface area contributed by atoms with Gasteiger partial charge >= 0.3 is 0 Å². The highest BCUT2D eigenvalue weighted by Crippen LogP contribution is 2.22. The fourth-order valence-electron chi connectivity index (χ4n) is 2.35. The predicted octanol–water partition coefficient (Wildman–Crippen LogP) is 3.84. The Morgan fingerprint density at radius 3 is 2.35 bits per heavy atom. The van der Waals surface area contributed by atoms with Crippen molar-refractivity contribution in [2.75, 3.05) is 4.72 Å². The van der Waals surface area contributed by atoms with Gasteiger partial charge in [-0.2, -0.15) is 0 Å². The van der Waals surface area contributed by atoms with E-state index in [2.05, 4.69) is 4.72 Å². The first kappa shape index (κ1) is 15.2. The molecule has 0 fully saturated rings. The molecule has 4 nitrogen and oxygen atoms in total. The monoisotopic (exact) mass is 325 g/mol. The minimum absolute atomic E-state index is 0.114. The molecule has 0 amide bonds. The quantitative estimate of drug-likeness (QED) is 0.741.